The fraction of sp³-hybridized carbons (Fsp3) is 0.179. The van der Waals surface area contributed by atoms with Crippen molar-refractivity contribution in [2.45, 2.75) is 19.0 Å². The number of nitro groups is 1. The molecule has 3 aromatic carbocycles. The number of carbonyl (C=O) groups is 3. The first-order valence-electron chi connectivity index (χ1n) is 11.7. The molecule has 0 saturated carbocycles. The smallest absolute Gasteiger partial charge is 0.271 e. The Morgan fingerprint density at radius 3 is 2.33 bits per heavy atom. The van der Waals surface area contributed by atoms with Crippen molar-refractivity contribution in [2.75, 3.05) is 9.80 Å². The third-order valence-electron chi connectivity index (χ3n) is 7.39. The molecule has 3 aromatic rings. The third-order valence-corrected chi connectivity index (χ3v) is 7.39. The summed E-state index contributed by atoms with van der Waals surface area (Å²) in [5, 5.41) is 11.4. The van der Waals surface area contributed by atoms with E-state index in [-0.39, 0.29) is 17.2 Å². The number of imide groups is 1. The molecule has 0 bridgehead atoms. The van der Waals surface area contributed by atoms with Crippen LogP contribution in [0.1, 0.15) is 21.5 Å². The van der Waals surface area contributed by atoms with Crippen molar-refractivity contribution < 1.29 is 19.3 Å². The number of hydrogen-bond acceptors (Lipinski definition) is 6. The van der Waals surface area contributed by atoms with E-state index in [9.17, 15) is 24.5 Å². The SMILES string of the molecule is Cc1ccc([N+](=O)[O-])cc1N1C(=O)[C@@H]2[C@H](C1=O)[C@@H](C(=O)c1ccccc1)N1c3ccccc3C=C[C@H]21. The quantitative estimate of drug-likeness (QED) is 0.241. The Morgan fingerprint density at radius 1 is 0.889 bits per heavy atom. The maximum atomic E-state index is 14.0. The van der Waals surface area contributed by atoms with Gasteiger partial charge in [0.1, 0.15) is 6.04 Å². The second kappa shape index (κ2) is 7.98. The second-order valence-electron chi connectivity index (χ2n) is 9.28. The van der Waals surface area contributed by atoms with Gasteiger partial charge in [-0.3, -0.25) is 24.5 Å². The van der Waals surface area contributed by atoms with Gasteiger partial charge in [0.15, 0.2) is 5.78 Å². The highest BCUT2D eigenvalue weighted by Crippen LogP contribution is 2.50. The standard InChI is InChI=1S/C28H21N3O5/c1-16-11-13-19(31(35)36)15-22(16)30-27(33)23-21-14-12-17-7-5-6-10-20(17)29(21)25(24(23)28(30)34)26(32)18-8-3-2-4-9-18/h2-15,21,23-25H,1H3/t21-,23+,24+,25+/m1/s1. The molecule has 0 radical (unpaired) electrons. The highest BCUT2D eigenvalue weighted by molar-refractivity contribution is 6.26. The number of anilines is 2. The first kappa shape index (κ1) is 21.9. The van der Waals surface area contributed by atoms with Crippen LogP contribution in [-0.2, 0) is 9.59 Å². The Bertz CT molecular complexity index is 1480. The second-order valence-corrected chi connectivity index (χ2v) is 9.28. The van der Waals surface area contributed by atoms with Gasteiger partial charge in [-0.05, 0) is 24.1 Å². The highest BCUT2D eigenvalue weighted by atomic mass is 16.6. The summed E-state index contributed by atoms with van der Waals surface area (Å²) in [7, 11) is 0. The number of nitrogens with zero attached hydrogens (tertiary/aromatic N) is 3. The van der Waals surface area contributed by atoms with E-state index < -0.39 is 40.7 Å². The average molecular weight is 479 g/mol. The number of hydrogen-bond donors (Lipinski definition) is 0. The molecule has 0 unspecified atom stereocenters. The minimum atomic E-state index is -0.926. The number of ketones is 1. The lowest BCUT2D eigenvalue weighted by Gasteiger charge is -2.36. The molecule has 6 rings (SSSR count). The van der Waals surface area contributed by atoms with Crippen LogP contribution < -0.4 is 9.80 Å². The number of amides is 2. The number of fused-ring (bicyclic) bond motifs is 5. The summed E-state index contributed by atoms with van der Waals surface area (Å²) < 4.78 is 0. The Hall–Kier alpha value is -4.59. The molecule has 8 heteroatoms. The van der Waals surface area contributed by atoms with Crippen molar-refractivity contribution in [1.29, 1.82) is 0 Å². The maximum Gasteiger partial charge on any atom is 0.271 e. The highest BCUT2D eigenvalue weighted by Gasteiger charge is 2.64. The number of Topliss-reactive ketones (excluding diaryl/α,β-unsaturated/α-hetero) is 1. The monoisotopic (exact) mass is 479 g/mol. The fourth-order valence-corrected chi connectivity index (χ4v) is 5.78. The van der Waals surface area contributed by atoms with Crippen LogP contribution in [0.15, 0.2) is 78.9 Å². The van der Waals surface area contributed by atoms with E-state index in [1.54, 1.807) is 31.2 Å². The van der Waals surface area contributed by atoms with Crippen LogP contribution in [0.4, 0.5) is 17.1 Å². The number of carbonyl (C=O) groups excluding carboxylic acids is 3. The predicted octanol–water partition coefficient (Wildman–Crippen LogP) is 4.18. The Morgan fingerprint density at radius 2 is 1.58 bits per heavy atom. The topological polar surface area (TPSA) is 101 Å². The molecule has 8 nitrogen and oxygen atoms in total. The van der Waals surface area contributed by atoms with Crippen LogP contribution in [0.25, 0.3) is 6.08 Å². The van der Waals surface area contributed by atoms with Gasteiger partial charge in [-0.25, -0.2) is 4.90 Å². The average Bonchev–Trinajstić information content (AvgIpc) is 3.37. The first-order valence-corrected chi connectivity index (χ1v) is 11.7. The minimum absolute atomic E-state index is 0.186. The number of benzene rings is 3. The molecule has 3 aliphatic heterocycles. The van der Waals surface area contributed by atoms with Crippen molar-refractivity contribution in [3.8, 4) is 0 Å². The lowest BCUT2D eigenvalue weighted by Crippen LogP contribution is -2.49. The molecule has 36 heavy (non-hydrogen) atoms. The van der Waals surface area contributed by atoms with E-state index in [1.165, 1.54) is 18.2 Å². The van der Waals surface area contributed by atoms with E-state index in [0.717, 1.165) is 16.2 Å². The third kappa shape index (κ3) is 3.04. The lowest BCUT2D eigenvalue weighted by molar-refractivity contribution is -0.384. The summed E-state index contributed by atoms with van der Waals surface area (Å²) in [5.41, 5.74) is 2.71. The summed E-state index contributed by atoms with van der Waals surface area (Å²) in [6.45, 7) is 1.70. The molecule has 0 N–H and O–H groups in total. The van der Waals surface area contributed by atoms with Crippen molar-refractivity contribution >= 4 is 40.7 Å². The van der Waals surface area contributed by atoms with Crippen molar-refractivity contribution in [3.63, 3.8) is 0 Å². The number of nitro benzene ring substituents is 1. The van der Waals surface area contributed by atoms with E-state index in [4.69, 9.17) is 0 Å². The summed E-state index contributed by atoms with van der Waals surface area (Å²) in [5.74, 6) is -2.92. The van der Waals surface area contributed by atoms with Crippen molar-refractivity contribution in [3.05, 3.63) is 106 Å². The van der Waals surface area contributed by atoms with E-state index >= 15 is 0 Å². The molecule has 2 saturated heterocycles. The van der Waals surface area contributed by atoms with Crippen LogP contribution in [0, 0.1) is 28.9 Å². The number of non-ortho nitro benzene ring substituents is 1. The van der Waals surface area contributed by atoms with E-state index in [2.05, 4.69) is 0 Å². The van der Waals surface area contributed by atoms with E-state index in [1.807, 2.05) is 47.4 Å². The zero-order valence-electron chi connectivity index (χ0n) is 19.3. The van der Waals surface area contributed by atoms with Gasteiger partial charge in [-0.1, -0.05) is 66.7 Å². The molecule has 4 atom stereocenters. The van der Waals surface area contributed by atoms with E-state index in [0.29, 0.717) is 11.1 Å². The molecule has 2 amide bonds. The summed E-state index contributed by atoms with van der Waals surface area (Å²) in [6, 6.07) is 19.1. The van der Waals surface area contributed by atoms with Gasteiger partial charge in [0.2, 0.25) is 11.8 Å². The molecule has 2 fully saturated rings. The molecular weight excluding hydrogens is 458 g/mol. The van der Waals surface area contributed by atoms with Gasteiger partial charge >= 0.3 is 0 Å². The molecule has 0 spiro atoms. The Labute approximate surface area is 206 Å². The number of para-hydroxylation sites is 1. The molecule has 3 heterocycles. The summed E-state index contributed by atoms with van der Waals surface area (Å²) in [6.07, 6.45) is 3.80. The Kier molecular flexibility index (Phi) is 4.86. The van der Waals surface area contributed by atoms with Crippen molar-refractivity contribution in [2.24, 2.45) is 11.8 Å². The molecule has 0 aromatic heterocycles. The number of aryl methyl sites for hydroxylation is 1. The van der Waals surface area contributed by atoms with Gasteiger partial charge < -0.3 is 4.90 Å². The summed E-state index contributed by atoms with van der Waals surface area (Å²) in [4.78, 5) is 55.6. The van der Waals surface area contributed by atoms with Crippen molar-refractivity contribution in [1.82, 2.24) is 0 Å². The van der Waals surface area contributed by atoms with Crippen LogP contribution in [0.5, 0.6) is 0 Å². The largest absolute Gasteiger partial charge is 0.352 e. The molecular formula is C28H21N3O5. The van der Waals surface area contributed by atoms with Gasteiger partial charge in [0.25, 0.3) is 5.69 Å². The van der Waals surface area contributed by atoms with Gasteiger partial charge in [0, 0.05) is 23.4 Å². The number of rotatable bonds is 4. The molecule has 0 aliphatic carbocycles. The van der Waals surface area contributed by atoms with Gasteiger partial charge in [-0.15, -0.1) is 0 Å². The Balaban J connectivity index is 1.50. The predicted molar refractivity (Wildman–Crippen MR) is 134 cm³/mol. The van der Waals surface area contributed by atoms with Gasteiger partial charge in [-0.2, -0.15) is 0 Å². The summed E-state index contributed by atoms with van der Waals surface area (Å²) >= 11 is 0. The van der Waals surface area contributed by atoms with Crippen LogP contribution in [0.2, 0.25) is 0 Å². The molecule has 178 valence electrons. The zero-order chi connectivity index (χ0) is 25.1. The lowest BCUT2D eigenvalue weighted by atomic mass is 9.86. The van der Waals surface area contributed by atoms with Crippen LogP contribution >= 0.6 is 0 Å². The van der Waals surface area contributed by atoms with Crippen LogP contribution in [-0.4, -0.2) is 34.6 Å². The zero-order valence-corrected chi connectivity index (χ0v) is 19.3. The molecule has 3 aliphatic rings. The first-order chi connectivity index (χ1) is 17.4. The maximum absolute atomic E-state index is 14.0. The fourth-order valence-electron chi connectivity index (χ4n) is 5.78. The van der Waals surface area contributed by atoms with Gasteiger partial charge in [0.05, 0.1) is 28.5 Å². The minimum Gasteiger partial charge on any atom is -0.352 e. The van der Waals surface area contributed by atoms with Crippen LogP contribution in [0.3, 0.4) is 0 Å². The normalized spacial score (nSPS) is 23.9.